The van der Waals surface area contributed by atoms with Crippen LogP contribution in [-0.2, 0) is 4.79 Å². The van der Waals surface area contributed by atoms with Crippen LogP contribution in [0.15, 0.2) is 49.8 Å². The van der Waals surface area contributed by atoms with E-state index in [1.807, 2.05) is 30.3 Å². The second-order valence-electron chi connectivity index (χ2n) is 4.34. The summed E-state index contributed by atoms with van der Waals surface area (Å²) in [5.41, 5.74) is 1.28. The fourth-order valence-corrected chi connectivity index (χ4v) is 4.57. The Morgan fingerprint density at radius 2 is 1.74 bits per heavy atom. The third-order valence-electron chi connectivity index (χ3n) is 2.81. The Balaban J connectivity index is 2.19. The van der Waals surface area contributed by atoms with Gasteiger partial charge in [-0.05, 0) is 66.0 Å². The average molecular weight is 523 g/mol. The van der Waals surface area contributed by atoms with E-state index in [0.717, 1.165) is 10.2 Å². The molecule has 0 aromatic heterocycles. The molecular weight excluding hydrogens is 512 g/mol. The molecule has 8 heteroatoms. The number of hydrogen-bond donors (Lipinski definition) is 2. The Morgan fingerprint density at radius 3 is 2.35 bits per heavy atom. The molecule has 0 bridgehead atoms. The zero-order chi connectivity index (χ0) is 17.0. The van der Waals surface area contributed by atoms with Gasteiger partial charge in [-0.15, -0.1) is 0 Å². The highest BCUT2D eigenvalue weighted by Crippen LogP contribution is 2.43. The number of nitrogens with one attached hydrogen (secondary N) is 2. The van der Waals surface area contributed by atoms with Gasteiger partial charge in [0.05, 0.1) is 21.7 Å². The van der Waals surface area contributed by atoms with Gasteiger partial charge < -0.3 is 15.4 Å². The molecule has 0 radical (unpaired) electrons. The Bertz CT molecular complexity index is 754. The fourth-order valence-electron chi connectivity index (χ4n) is 1.75. The third kappa shape index (κ3) is 4.53. The number of benzene rings is 2. The summed E-state index contributed by atoms with van der Waals surface area (Å²) < 4.78 is 7.34. The number of halogens is 3. The van der Waals surface area contributed by atoms with Crippen molar-refractivity contribution in [3.8, 4) is 5.75 Å². The van der Waals surface area contributed by atoms with Crippen LogP contribution in [0.2, 0.25) is 0 Å². The molecule has 0 saturated heterocycles. The van der Waals surface area contributed by atoms with Gasteiger partial charge in [-0.2, -0.15) is 0 Å². The number of hydrogen-bond acceptors (Lipinski definition) is 3. The molecule has 0 aliphatic rings. The van der Waals surface area contributed by atoms with Gasteiger partial charge in [-0.1, -0.05) is 30.4 Å². The van der Waals surface area contributed by atoms with E-state index in [2.05, 4.69) is 58.4 Å². The predicted molar refractivity (Wildman–Crippen MR) is 107 cm³/mol. The van der Waals surface area contributed by atoms with Crippen LogP contribution in [0.4, 0.5) is 11.4 Å². The summed E-state index contributed by atoms with van der Waals surface area (Å²) in [5, 5.41) is 5.65. The van der Waals surface area contributed by atoms with Gasteiger partial charge in [0, 0.05) is 10.2 Å². The van der Waals surface area contributed by atoms with Gasteiger partial charge >= 0.3 is 0 Å². The minimum Gasteiger partial charge on any atom is -0.494 e. The van der Waals surface area contributed by atoms with E-state index >= 15 is 0 Å². The highest BCUT2D eigenvalue weighted by molar-refractivity contribution is 9.11. The molecule has 0 atom stereocenters. The molecule has 2 N–H and O–H groups in total. The summed E-state index contributed by atoms with van der Waals surface area (Å²) in [6, 6.07) is 11.0. The first-order chi connectivity index (χ1) is 10.9. The van der Waals surface area contributed by atoms with Gasteiger partial charge in [0.15, 0.2) is 4.99 Å². The van der Waals surface area contributed by atoms with E-state index in [1.54, 1.807) is 13.2 Å². The molecule has 0 aliphatic heterocycles. The SMILES string of the molecule is COc1c(Br)cc(Br)c(NC(=O)C(=S)Nc2ccccc2)c1Br. The van der Waals surface area contributed by atoms with E-state index in [9.17, 15) is 4.79 Å². The highest BCUT2D eigenvalue weighted by Gasteiger charge is 2.18. The Hall–Kier alpha value is -0.960. The number of anilines is 2. The molecule has 23 heavy (non-hydrogen) atoms. The van der Waals surface area contributed by atoms with Crippen LogP contribution in [0, 0.1) is 0 Å². The lowest BCUT2D eigenvalue weighted by molar-refractivity contribution is -0.110. The third-order valence-corrected chi connectivity index (χ3v) is 5.07. The monoisotopic (exact) mass is 520 g/mol. The lowest BCUT2D eigenvalue weighted by atomic mass is 10.3. The molecule has 0 heterocycles. The van der Waals surface area contributed by atoms with Crippen molar-refractivity contribution in [3.05, 3.63) is 49.8 Å². The number of ether oxygens (including phenoxy) is 1. The summed E-state index contributed by atoms with van der Waals surface area (Å²) in [7, 11) is 1.55. The zero-order valence-electron chi connectivity index (χ0n) is 11.8. The van der Waals surface area contributed by atoms with Gasteiger partial charge in [0.1, 0.15) is 5.75 Å². The topological polar surface area (TPSA) is 50.4 Å². The number of para-hydroxylation sites is 1. The van der Waals surface area contributed by atoms with Crippen LogP contribution in [0.25, 0.3) is 0 Å². The van der Waals surface area contributed by atoms with Crippen LogP contribution in [0.3, 0.4) is 0 Å². The van der Waals surface area contributed by atoms with E-state index in [0.29, 0.717) is 20.4 Å². The van der Waals surface area contributed by atoms with Crippen molar-refractivity contribution in [2.75, 3.05) is 17.7 Å². The second-order valence-corrected chi connectivity index (χ2v) is 7.25. The molecule has 0 spiro atoms. The van der Waals surface area contributed by atoms with E-state index < -0.39 is 5.91 Å². The first kappa shape index (κ1) is 18.4. The molecule has 0 fully saturated rings. The van der Waals surface area contributed by atoms with E-state index in [4.69, 9.17) is 17.0 Å². The summed E-state index contributed by atoms with van der Waals surface area (Å²) in [6.07, 6.45) is 0. The Kier molecular flexibility index (Phi) is 6.58. The highest BCUT2D eigenvalue weighted by atomic mass is 79.9. The first-order valence-corrected chi connectivity index (χ1v) is 9.11. The first-order valence-electron chi connectivity index (χ1n) is 6.33. The van der Waals surface area contributed by atoms with Crippen molar-refractivity contribution in [2.24, 2.45) is 0 Å². The molecule has 0 unspecified atom stereocenters. The Labute approximate surface area is 164 Å². The fraction of sp³-hybridized carbons (Fsp3) is 0.0667. The summed E-state index contributed by atoms with van der Waals surface area (Å²) in [4.78, 5) is 12.4. The van der Waals surface area contributed by atoms with Crippen molar-refractivity contribution in [3.63, 3.8) is 0 Å². The number of methoxy groups -OCH3 is 1. The van der Waals surface area contributed by atoms with Gasteiger partial charge in [0.2, 0.25) is 0 Å². The Morgan fingerprint density at radius 1 is 1.09 bits per heavy atom. The van der Waals surface area contributed by atoms with Gasteiger partial charge in [-0.3, -0.25) is 4.79 Å². The molecule has 2 aromatic carbocycles. The van der Waals surface area contributed by atoms with Crippen LogP contribution < -0.4 is 15.4 Å². The minimum atomic E-state index is -0.422. The predicted octanol–water partition coefficient (Wildman–Crippen LogP) is 5.36. The van der Waals surface area contributed by atoms with E-state index in [1.165, 1.54) is 0 Å². The van der Waals surface area contributed by atoms with Gasteiger partial charge in [0.25, 0.3) is 5.91 Å². The molecular formula is C15H11Br3N2O2S. The number of carbonyl (C=O) groups is 1. The molecule has 2 rings (SSSR count). The smallest absolute Gasteiger partial charge is 0.283 e. The summed E-state index contributed by atoms with van der Waals surface area (Å²) in [5.74, 6) is 0.153. The molecule has 1 amide bonds. The van der Waals surface area contributed by atoms with Crippen molar-refractivity contribution < 1.29 is 9.53 Å². The maximum absolute atomic E-state index is 12.3. The van der Waals surface area contributed by atoms with Crippen molar-refractivity contribution in [1.82, 2.24) is 0 Å². The molecule has 0 saturated carbocycles. The van der Waals surface area contributed by atoms with Crippen LogP contribution in [0.5, 0.6) is 5.75 Å². The maximum atomic E-state index is 12.3. The minimum absolute atomic E-state index is 0.0666. The van der Waals surface area contributed by atoms with Crippen molar-refractivity contribution in [1.29, 1.82) is 0 Å². The zero-order valence-corrected chi connectivity index (χ0v) is 17.4. The quantitative estimate of drug-likeness (QED) is 0.533. The van der Waals surface area contributed by atoms with Crippen molar-refractivity contribution >= 4 is 82.3 Å². The lowest BCUT2D eigenvalue weighted by Gasteiger charge is -2.15. The normalized spacial score (nSPS) is 10.1. The number of amides is 1. The number of carbonyl (C=O) groups excluding carboxylic acids is 1. The lowest BCUT2D eigenvalue weighted by Crippen LogP contribution is -2.27. The largest absolute Gasteiger partial charge is 0.494 e. The standard InChI is InChI=1S/C15H11Br3N2O2S/c1-22-13-10(17)7-9(16)12(11(13)18)20-14(21)15(23)19-8-5-3-2-4-6-8/h2-7H,1H3,(H,19,23)(H,20,21). The van der Waals surface area contributed by atoms with Gasteiger partial charge in [-0.25, -0.2) is 0 Å². The van der Waals surface area contributed by atoms with E-state index in [-0.39, 0.29) is 4.99 Å². The summed E-state index contributed by atoms with van der Waals surface area (Å²) in [6.45, 7) is 0. The molecule has 2 aromatic rings. The second kappa shape index (κ2) is 8.23. The maximum Gasteiger partial charge on any atom is 0.283 e. The van der Waals surface area contributed by atoms with Crippen LogP contribution in [-0.4, -0.2) is 18.0 Å². The van der Waals surface area contributed by atoms with Crippen molar-refractivity contribution in [2.45, 2.75) is 0 Å². The van der Waals surface area contributed by atoms with Crippen LogP contribution in [0.1, 0.15) is 0 Å². The molecule has 0 aliphatic carbocycles. The number of thiocarbonyl (C=S) groups is 1. The average Bonchev–Trinajstić information content (AvgIpc) is 2.52. The molecule has 120 valence electrons. The van der Waals surface area contributed by atoms with Crippen LogP contribution >= 0.6 is 60.0 Å². The molecule has 4 nitrogen and oxygen atoms in total. The summed E-state index contributed by atoms with van der Waals surface area (Å²) >= 11 is 15.4. The number of rotatable bonds is 3.